The molecule has 0 saturated heterocycles. The van der Waals surface area contributed by atoms with Crippen molar-refractivity contribution in [2.75, 3.05) is 32.0 Å². The number of aromatic nitrogens is 2. The minimum Gasteiger partial charge on any atom is -0.371 e. The lowest BCUT2D eigenvalue weighted by Gasteiger charge is -2.17. The van der Waals surface area contributed by atoms with Gasteiger partial charge in [-0.1, -0.05) is 13.8 Å². The first kappa shape index (κ1) is 13.8. The van der Waals surface area contributed by atoms with Gasteiger partial charge in [0.25, 0.3) is 0 Å². The summed E-state index contributed by atoms with van der Waals surface area (Å²) in [6.45, 7) is 8.84. The molecule has 0 aromatic carbocycles. The quantitative estimate of drug-likeness (QED) is 0.824. The molecule has 0 aliphatic carbocycles. The Hall–Kier alpha value is -1.23. The summed E-state index contributed by atoms with van der Waals surface area (Å²) in [7, 11) is 1.67. The molecule has 0 amide bonds. The van der Waals surface area contributed by atoms with Gasteiger partial charge in [0.05, 0.1) is 5.69 Å². The standard InChI is InChI=1S/C12H21FN4/c1-5-17(6-2)8-7-10-15-9(3)11(13)12(14-4)16-10/h5-8H2,1-4H3,(H,14,15,16). The largest absolute Gasteiger partial charge is 0.371 e. The average Bonchev–Trinajstić information content (AvgIpc) is 2.34. The van der Waals surface area contributed by atoms with Crippen molar-refractivity contribution in [2.45, 2.75) is 27.2 Å². The lowest BCUT2D eigenvalue weighted by molar-refractivity contribution is 0.305. The van der Waals surface area contributed by atoms with Crippen LogP contribution < -0.4 is 5.32 Å². The zero-order chi connectivity index (χ0) is 12.8. The van der Waals surface area contributed by atoms with E-state index in [4.69, 9.17) is 0 Å². The van der Waals surface area contributed by atoms with Gasteiger partial charge in [-0.2, -0.15) is 0 Å². The summed E-state index contributed by atoms with van der Waals surface area (Å²) in [6.07, 6.45) is 0.748. The van der Waals surface area contributed by atoms with Crippen molar-refractivity contribution in [1.29, 1.82) is 0 Å². The smallest absolute Gasteiger partial charge is 0.186 e. The van der Waals surface area contributed by atoms with Crippen molar-refractivity contribution in [3.05, 3.63) is 17.3 Å². The molecule has 1 rings (SSSR count). The highest BCUT2D eigenvalue weighted by atomic mass is 19.1. The minimum atomic E-state index is -0.362. The molecular formula is C12H21FN4. The van der Waals surface area contributed by atoms with Gasteiger partial charge in [-0.15, -0.1) is 0 Å². The molecule has 1 N–H and O–H groups in total. The highest BCUT2D eigenvalue weighted by Gasteiger charge is 2.10. The van der Waals surface area contributed by atoms with Crippen LogP contribution in [0.5, 0.6) is 0 Å². The van der Waals surface area contributed by atoms with E-state index in [2.05, 4.69) is 34.0 Å². The summed E-state index contributed by atoms with van der Waals surface area (Å²) in [4.78, 5) is 10.6. The van der Waals surface area contributed by atoms with E-state index in [9.17, 15) is 4.39 Å². The number of anilines is 1. The molecule has 96 valence electrons. The maximum absolute atomic E-state index is 13.5. The summed E-state index contributed by atoms with van der Waals surface area (Å²) in [5, 5.41) is 2.75. The first-order valence-corrected chi connectivity index (χ1v) is 6.05. The number of hydrogen-bond acceptors (Lipinski definition) is 4. The van der Waals surface area contributed by atoms with E-state index < -0.39 is 0 Å². The maximum Gasteiger partial charge on any atom is 0.186 e. The van der Waals surface area contributed by atoms with Gasteiger partial charge in [-0.25, -0.2) is 14.4 Å². The molecule has 0 unspecified atom stereocenters. The molecular weight excluding hydrogens is 219 g/mol. The summed E-state index contributed by atoms with van der Waals surface area (Å²) in [5.41, 5.74) is 0.402. The van der Waals surface area contributed by atoms with Gasteiger partial charge < -0.3 is 10.2 Å². The van der Waals surface area contributed by atoms with Gasteiger partial charge in [0, 0.05) is 20.0 Å². The monoisotopic (exact) mass is 240 g/mol. The molecule has 17 heavy (non-hydrogen) atoms. The van der Waals surface area contributed by atoms with Crippen LogP contribution in [0.4, 0.5) is 10.2 Å². The van der Waals surface area contributed by atoms with Crippen LogP contribution in [0, 0.1) is 12.7 Å². The molecule has 0 saturated carbocycles. The van der Waals surface area contributed by atoms with E-state index >= 15 is 0 Å². The molecule has 0 aliphatic rings. The fourth-order valence-corrected chi connectivity index (χ4v) is 1.69. The molecule has 0 spiro atoms. The topological polar surface area (TPSA) is 41.1 Å². The van der Waals surface area contributed by atoms with Gasteiger partial charge in [-0.05, 0) is 20.0 Å². The van der Waals surface area contributed by atoms with Crippen molar-refractivity contribution in [1.82, 2.24) is 14.9 Å². The van der Waals surface area contributed by atoms with E-state index in [0.717, 1.165) is 26.1 Å². The van der Waals surface area contributed by atoms with Crippen molar-refractivity contribution >= 4 is 5.82 Å². The third-order valence-corrected chi connectivity index (χ3v) is 2.85. The van der Waals surface area contributed by atoms with Crippen LogP contribution in [0.2, 0.25) is 0 Å². The number of rotatable bonds is 6. The van der Waals surface area contributed by atoms with E-state index in [1.54, 1.807) is 14.0 Å². The summed E-state index contributed by atoms with van der Waals surface area (Å²) >= 11 is 0. The van der Waals surface area contributed by atoms with Crippen molar-refractivity contribution in [2.24, 2.45) is 0 Å². The first-order valence-electron chi connectivity index (χ1n) is 6.05. The van der Waals surface area contributed by atoms with Crippen molar-refractivity contribution in [3.63, 3.8) is 0 Å². The Morgan fingerprint density at radius 1 is 1.24 bits per heavy atom. The van der Waals surface area contributed by atoms with Crippen LogP contribution >= 0.6 is 0 Å². The predicted octanol–water partition coefficient (Wildman–Crippen LogP) is 1.85. The Morgan fingerprint density at radius 3 is 2.41 bits per heavy atom. The van der Waals surface area contributed by atoms with E-state index in [1.165, 1.54) is 0 Å². The molecule has 0 radical (unpaired) electrons. The average molecular weight is 240 g/mol. The SMILES string of the molecule is CCN(CC)CCc1nc(C)c(F)c(NC)n1. The Morgan fingerprint density at radius 2 is 1.88 bits per heavy atom. The highest BCUT2D eigenvalue weighted by Crippen LogP contribution is 2.13. The number of halogens is 1. The van der Waals surface area contributed by atoms with Crippen molar-refractivity contribution in [3.8, 4) is 0 Å². The Labute approximate surface area is 102 Å². The number of nitrogens with one attached hydrogen (secondary N) is 1. The second-order valence-electron chi connectivity index (χ2n) is 3.91. The van der Waals surface area contributed by atoms with Crippen LogP contribution in [0.15, 0.2) is 0 Å². The Bertz CT molecular complexity index is 364. The van der Waals surface area contributed by atoms with Gasteiger partial charge in [0.1, 0.15) is 5.82 Å². The molecule has 1 heterocycles. The molecule has 0 bridgehead atoms. The molecule has 1 aromatic heterocycles. The summed E-state index contributed by atoms with van der Waals surface area (Å²) < 4.78 is 13.5. The number of likely N-dealkylation sites (N-methyl/N-ethyl adjacent to an activating group) is 1. The molecule has 0 aliphatic heterocycles. The second-order valence-corrected chi connectivity index (χ2v) is 3.91. The van der Waals surface area contributed by atoms with Crippen LogP contribution in [-0.4, -0.2) is 41.5 Å². The first-order chi connectivity index (χ1) is 8.12. The fraction of sp³-hybridized carbons (Fsp3) is 0.667. The third-order valence-electron chi connectivity index (χ3n) is 2.85. The molecule has 4 nitrogen and oxygen atoms in total. The summed E-state index contributed by atoms with van der Waals surface area (Å²) in [6, 6.07) is 0. The zero-order valence-corrected chi connectivity index (χ0v) is 11.0. The van der Waals surface area contributed by atoms with Crippen LogP contribution in [-0.2, 0) is 6.42 Å². The van der Waals surface area contributed by atoms with E-state index in [-0.39, 0.29) is 11.6 Å². The highest BCUT2D eigenvalue weighted by molar-refractivity contribution is 5.37. The van der Waals surface area contributed by atoms with Crippen LogP contribution in [0.3, 0.4) is 0 Å². The molecule has 0 atom stereocenters. The lowest BCUT2D eigenvalue weighted by Crippen LogP contribution is -2.26. The normalized spacial score (nSPS) is 10.9. The van der Waals surface area contributed by atoms with Crippen molar-refractivity contribution < 1.29 is 4.39 Å². The minimum absolute atomic E-state index is 0.284. The van der Waals surface area contributed by atoms with E-state index in [1.807, 2.05) is 0 Å². The number of hydrogen-bond donors (Lipinski definition) is 1. The number of aryl methyl sites for hydroxylation is 1. The molecule has 5 heteroatoms. The summed E-state index contributed by atoms with van der Waals surface area (Å²) in [5.74, 6) is 0.617. The lowest BCUT2D eigenvalue weighted by atomic mass is 10.3. The van der Waals surface area contributed by atoms with E-state index in [0.29, 0.717) is 11.5 Å². The van der Waals surface area contributed by atoms with Crippen LogP contribution in [0.25, 0.3) is 0 Å². The predicted molar refractivity (Wildman–Crippen MR) is 67.8 cm³/mol. The zero-order valence-electron chi connectivity index (χ0n) is 11.0. The number of nitrogens with zero attached hydrogens (tertiary/aromatic N) is 3. The fourth-order valence-electron chi connectivity index (χ4n) is 1.69. The molecule has 0 fully saturated rings. The van der Waals surface area contributed by atoms with Crippen LogP contribution in [0.1, 0.15) is 25.4 Å². The maximum atomic E-state index is 13.5. The van der Waals surface area contributed by atoms with Gasteiger partial charge >= 0.3 is 0 Å². The van der Waals surface area contributed by atoms with Gasteiger partial charge in [0.15, 0.2) is 11.6 Å². The Balaban J connectivity index is 2.75. The Kier molecular flexibility index (Phi) is 5.28. The second kappa shape index (κ2) is 6.49. The molecule has 1 aromatic rings. The van der Waals surface area contributed by atoms with Gasteiger partial charge in [0.2, 0.25) is 0 Å². The third kappa shape index (κ3) is 3.63. The van der Waals surface area contributed by atoms with Gasteiger partial charge in [-0.3, -0.25) is 0 Å².